The zero-order valence-corrected chi connectivity index (χ0v) is 15.8. The van der Waals surface area contributed by atoms with Gasteiger partial charge in [0, 0.05) is 24.3 Å². The van der Waals surface area contributed by atoms with Crippen LogP contribution in [0.2, 0.25) is 0 Å². The molecule has 1 aliphatic rings. The number of benzene rings is 3. The smallest absolute Gasteiger partial charge is 0.239 e. The number of sulfonamides is 1. The monoisotopic (exact) mass is 378 g/mol. The Labute approximate surface area is 160 Å². The molecular formula is C22H22N2O2S. The van der Waals surface area contributed by atoms with Gasteiger partial charge in [-0.1, -0.05) is 66.7 Å². The maximum absolute atomic E-state index is 12.5. The van der Waals surface area contributed by atoms with Crippen molar-refractivity contribution in [3.05, 3.63) is 83.9 Å². The lowest BCUT2D eigenvalue weighted by Crippen LogP contribution is -2.30. The minimum Gasteiger partial charge on any atom is -0.367 e. The van der Waals surface area contributed by atoms with E-state index in [1.807, 2.05) is 60.7 Å². The van der Waals surface area contributed by atoms with Crippen LogP contribution in [0.3, 0.4) is 0 Å². The molecule has 138 valence electrons. The number of nitrogens with two attached hydrogens (primary N) is 1. The molecule has 0 radical (unpaired) electrons. The van der Waals surface area contributed by atoms with Crippen molar-refractivity contribution in [2.45, 2.75) is 24.3 Å². The summed E-state index contributed by atoms with van der Waals surface area (Å²) in [5.41, 5.74) is 4.72. The Morgan fingerprint density at radius 3 is 2.41 bits per heavy atom. The van der Waals surface area contributed by atoms with Gasteiger partial charge in [0.15, 0.2) is 0 Å². The highest BCUT2D eigenvalue weighted by Crippen LogP contribution is 2.33. The molecule has 0 saturated carbocycles. The van der Waals surface area contributed by atoms with Gasteiger partial charge >= 0.3 is 0 Å². The fourth-order valence-corrected chi connectivity index (χ4v) is 4.86. The van der Waals surface area contributed by atoms with Crippen molar-refractivity contribution < 1.29 is 8.42 Å². The maximum atomic E-state index is 12.5. The second-order valence-corrected chi connectivity index (χ2v) is 8.36. The lowest BCUT2D eigenvalue weighted by atomic mass is 9.99. The molecule has 1 heterocycles. The molecule has 0 atom stereocenters. The molecule has 0 aromatic heterocycles. The highest BCUT2D eigenvalue weighted by atomic mass is 32.2. The van der Waals surface area contributed by atoms with Gasteiger partial charge < -0.3 is 4.90 Å². The summed E-state index contributed by atoms with van der Waals surface area (Å²) < 4.78 is 25.0. The predicted molar refractivity (Wildman–Crippen MR) is 109 cm³/mol. The van der Waals surface area contributed by atoms with Gasteiger partial charge in [-0.15, -0.1) is 0 Å². The molecule has 0 bridgehead atoms. The average Bonchev–Trinajstić information content (AvgIpc) is 2.68. The van der Waals surface area contributed by atoms with E-state index in [0.29, 0.717) is 12.1 Å². The van der Waals surface area contributed by atoms with Crippen LogP contribution < -0.4 is 10.0 Å². The van der Waals surface area contributed by atoms with Crippen LogP contribution in [0.1, 0.15) is 17.5 Å². The molecule has 0 unspecified atom stereocenters. The fraction of sp³-hybridized carbons (Fsp3) is 0.182. The second kappa shape index (κ2) is 7.18. The normalized spacial score (nSPS) is 14.0. The van der Waals surface area contributed by atoms with E-state index < -0.39 is 10.0 Å². The lowest BCUT2D eigenvalue weighted by molar-refractivity contribution is 0.596. The third kappa shape index (κ3) is 3.61. The van der Waals surface area contributed by atoms with Crippen LogP contribution >= 0.6 is 0 Å². The minimum absolute atomic E-state index is 0.222. The third-order valence-electron chi connectivity index (χ3n) is 5.03. The van der Waals surface area contributed by atoms with E-state index in [1.165, 1.54) is 11.3 Å². The Kier molecular flexibility index (Phi) is 4.72. The molecule has 0 amide bonds. The molecule has 0 aliphatic carbocycles. The Balaban J connectivity index is 1.81. The summed E-state index contributed by atoms with van der Waals surface area (Å²) in [5, 5.41) is 5.65. The minimum atomic E-state index is -3.87. The molecule has 2 N–H and O–H groups in total. The second-order valence-electron chi connectivity index (χ2n) is 6.86. The van der Waals surface area contributed by atoms with Crippen molar-refractivity contribution in [1.29, 1.82) is 0 Å². The molecule has 5 heteroatoms. The van der Waals surface area contributed by atoms with Crippen LogP contribution in [0.4, 0.5) is 5.69 Å². The first-order valence-electron chi connectivity index (χ1n) is 9.07. The van der Waals surface area contributed by atoms with Gasteiger partial charge in [0.2, 0.25) is 10.0 Å². The molecule has 4 rings (SSSR count). The highest BCUT2D eigenvalue weighted by molar-refractivity contribution is 7.89. The van der Waals surface area contributed by atoms with Gasteiger partial charge in [-0.25, -0.2) is 13.6 Å². The van der Waals surface area contributed by atoms with Crippen LogP contribution in [0.5, 0.6) is 0 Å². The number of hydrogen-bond acceptors (Lipinski definition) is 3. The van der Waals surface area contributed by atoms with Gasteiger partial charge in [0.1, 0.15) is 0 Å². The van der Waals surface area contributed by atoms with Gasteiger partial charge in [-0.2, -0.15) is 0 Å². The van der Waals surface area contributed by atoms with Crippen LogP contribution in [0.25, 0.3) is 11.1 Å². The highest BCUT2D eigenvalue weighted by Gasteiger charge is 2.23. The molecular weight excluding hydrogens is 356 g/mol. The Morgan fingerprint density at radius 1 is 0.889 bits per heavy atom. The first-order chi connectivity index (χ1) is 13.0. The molecule has 4 nitrogen and oxygen atoms in total. The number of primary sulfonamides is 1. The van der Waals surface area contributed by atoms with E-state index in [0.717, 1.165) is 30.5 Å². The number of anilines is 1. The zero-order valence-electron chi connectivity index (χ0n) is 15.0. The number of nitrogens with zero attached hydrogens (tertiary/aromatic N) is 1. The number of aryl methyl sites for hydroxylation is 1. The predicted octanol–water partition coefficient (Wildman–Crippen LogP) is 3.95. The number of hydrogen-bond donors (Lipinski definition) is 1. The number of para-hydroxylation sites is 1. The van der Waals surface area contributed by atoms with Crippen molar-refractivity contribution in [3.8, 4) is 11.1 Å². The van der Waals surface area contributed by atoms with Crippen LogP contribution in [-0.2, 0) is 23.0 Å². The molecule has 0 fully saturated rings. The standard InChI is InChI=1S/C22H22N2O2S/c23-27(25,26)22-19(11-6-13-20(22)17-8-2-1-3-9-17)16-24-15-7-12-18-10-4-5-14-21(18)24/h1-6,8-11,13-14H,7,12,15-16H2,(H2,23,25,26). The van der Waals surface area contributed by atoms with Crippen LogP contribution in [0, 0.1) is 0 Å². The van der Waals surface area contributed by atoms with E-state index in [2.05, 4.69) is 17.0 Å². The van der Waals surface area contributed by atoms with Crippen LogP contribution in [0.15, 0.2) is 77.7 Å². The molecule has 3 aromatic rings. The fourth-order valence-electron chi connectivity index (χ4n) is 3.87. The third-order valence-corrected chi connectivity index (χ3v) is 6.08. The molecule has 0 saturated heterocycles. The SMILES string of the molecule is NS(=O)(=O)c1c(CN2CCCc3ccccc32)cccc1-c1ccccc1. The summed E-state index contributed by atoms with van der Waals surface area (Å²) in [6.07, 6.45) is 2.11. The van der Waals surface area contributed by atoms with Gasteiger partial charge in [0.05, 0.1) is 4.90 Å². The van der Waals surface area contributed by atoms with E-state index in [-0.39, 0.29) is 4.90 Å². The first-order valence-corrected chi connectivity index (χ1v) is 10.6. The molecule has 27 heavy (non-hydrogen) atoms. The van der Waals surface area contributed by atoms with Gasteiger partial charge in [-0.05, 0) is 35.6 Å². The quantitative estimate of drug-likeness (QED) is 0.748. The lowest BCUT2D eigenvalue weighted by Gasteiger charge is -2.32. The van der Waals surface area contributed by atoms with E-state index in [9.17, 15) is 8.42 Å². The largest absolute Gasteiger partial charge is 0.367 e. The number of fused-ring (bicyclic) bond motifs is 1. The first kappa shape index (κ1) is 17.8. The maximum Gasteiger partial charge on any atom is 0.239 e. The van der Waals surface area contributed by atoms with E-state index in [4.69, 9.17) is 5.14 Å². The van der Waals surface area contributed by atoms with Crippen molar-refractivity contribution in [1.82, 2.24) is 0 Å². The van der Waals surface area contributed by atoms with E-state index in [1.54, 1.807) is 0 Å². The van der Waals surface area contributed by atoms with Gasteiger partial charge in [0.25, 0.3) is 0 Å². The Morgan fingerprint density at radius 2 is 1.63 bits per heavy atom. The van der Waals surface area contributed by atoms with Crippen molar-refractivity contribution in [2.75, 3.05) is 11.4 Å². The molecule has 0 spiro atoms. The summed E-state index contributed by atoms with van der Waals surface area (Å²) in [5.74, 6) is 0. The summed E-state index contributed by atoms with van der Waals surface area (Å²) >= 11 is 0. The Bertz CT molecular complexity index is 1060. The number of rotatable bonds is 4. The van der Waals surface area contributed by atoms with Crippen LogP contribution in [-0.4, -0.2) is 15.0 Å². The van der Waals surface area contributed by atoms with Crippen molar-refractivity contribution in [3.63, 3.8) is 0 Å². The summed E-state index contributed by atoms with van der Waals surface area (Å²) in [6.45, 7) is 1.42. The summed E-state index contributed by atoms with van der Waals surface area (Å²) in [6, 6.07) is 23.4. The average molecular weight is 378 g/mol. The van der Waals surface area contributed by atoms with Crippen molar-refractivity contribution in [2.24, 2.45) is 5.14 Å². The molecule has 3 aromatic carbocycles. The van der Waals surface area contributed by atoms with Gasteiger partial charge in [-0.3, -0.25) is 0 Å². The zero-order chi connectivity index (χ0) is 18.9. The Hall–Kier alpha value is -2.63. The summed E-state index contributed by atoms with van der Waals surface area (Å²) in [7, 11) is -3.87. The molecule has 1 aliphatic heterocycles. The summed E-state index contributed by atoms with van der Waals surface area (Å²) in [4.78, 5) is 2.47. The van der Waals surface area contributed by atoms with E-state index >= 15 is 0 Å². The van der Waals surface area contributed by atoms with Crippen molar-refractivity contribution >= 4 is 15.7 Å². The topological polar surface area (TPSA) is 63.4 Å².